The molecule has 0 heterocycles. The van der Waals surface area contributed by atoms with E-state index in [1.165, 1.54) is 0 Å². The molecule has 0 radical (unpaired) electrons. The second kappa shape index (κ2) is 38.0. The smallest absolute Gasteiger partial charge is 0.852 e. The fraction of sp³-hybridized carbons (Fsp3) is 1.00. The Kier molecular flexibility index (Phi) is 75.2. The fourth-order valence-corrected chi connectivity index (χ4v) is 0. The molecule has 0 bridgehead atoms. The van der Waals surface area contributed by atoms with Crippen LogP contribution in [0.1, 0.15) is 69.2 Å². The molecule has 0 spiro atoms. The molecule has 0 aliphatic rings. The van der Waals surface area contributed by atoms with Crippen molar-refractivity contribution in [1.29, 1.82) is 0 Å². The molecule has 138 valence electrons. The van der Waals surface area contributed by atoms with E-state index in [-0.39, 0.29) is 42.3 Å². The Morgan fingerprint density at radius 1 is 0.364 bits per heavy atom. The molecule has 0 aliphatic carbocycles. The van der Waals surface area contributed by atoms with Gasteiger partial charge in [-0.2, -0.15) is 0 Å². The van der Waals surface area contributed by atoms with E-state index in [0.29, 0.717) is 0 Å². The molecule has 0 saturated carbocycles. The van der Waals surface area contributed by atoms with Gasteiger partial charge in [0.1, 0.15) is 0 Å². The van der Waals surface area contributed by atoms with Crippen LogP contribution >= 0.6 is 0 Å². The van der Waals surface area contributed by atoms with Crippen molar-refractivity contribution in [3.63, 3.8) is 0 Å². The molecular weight excluding hydrogens is 434 g/mol. The minimum atomic E-state index is -0.417. The summed E-state index contributed by atoms with van der Waals surface area (Å²) in [6.45, 7) is 16.1. The van der Waals surface area contributed by atoms with Crippen LogP contribution in [0, 0.1) is 0 Å². The Morgan fingerprint density at radius 3 is 0.364 bits per heavy atom. The van der Waals surface area contributed by atoms with Gasteiger partial charge in [-0.25, -0.2) is 0 Å². The van der Waals surface area contributed by atoms with Crippen molar-refractivity contribution >= 4 is 25.8 Å². The van der Waals surface area contributed by atoms with Crippen LogP contribution < -0.4 is 25.5 Å². The zero-order valence-corrected chi connectivity index (χ0v) is 20.1. The van der Waals surface area contributed by atoms with E-state index in [1.807, 2.05) is 0 Å². The maximum absolute atomic E-state index is 9.53. The minimum absolute atomic E-state index is 0. The Labute approximate surface area is 167 Å². The normalized spacial score (nSPS) is 8.18. The number of hydrogen-bond acceptors (Lipinski definition) is 5. The van der Waals surface area contributed by atoms with Crippen LogP contribution in [0.4, 0.5) is 0 Å². The summed E-state index contributed by atoms with van der Waals surface area (Å²) in [5.41, 5.74) is 0. The average molecular weight is 469 g/mol. The summed E-state index contributed by atoms with van der Waals surface area (Å²) < 4.78 is 0. The molecular formula is C15H35InNiO5. The van der Waals surface area contributed by atoms with Crippen LogP contribution in [0.15, 0.2) is 0 Å². The summed E-state index contributed by atoms with van der Waals surface area (Å²) in [5, 5.41) is 47.6. The van der Waals surface area contributed by atoms with Crippen LogP contribution in [0.3, 0.4) is 0 Å². The third-order valence-electron chi connectivity index (χ3n) is 0. The van der Waals surface area contributed by atoms with E-state index < -0.39 is 30.5 Å². The van der Waals surface area contributed by atoms with Gasteiger partial charge >= 0.3 is 42.3 Å². The molecule has 0 N–H and O–H groups in total. The summed E-state index contributed by atoms with van der Waals surface area (Å²) >= 11 is 0. The maximum Gasteiger partial charge on any atom is 3.00 e. The van der Waals surface area contributed by atoms with Crippen molar-refractivity contribution in [3.05, 3.63) is 0 Å². The monoisotopic (exact) mass is 468 g/mol. The van der Waals surface area contributed by atoms with Crippen molar-refractivity contribution in [2.75, 3.05) is 0 Å². The van der Waals surface area contributed by atoms with Crippen molar-refractivity contribution in [2.45, 2.75) is 99.8 Å². The molecule has 0 saturated heterocycles. The summed E-state index contributed by atoms with van der Waals surface area (Å²) in [6.07, 6.45) is -2.08. The van der Waals surface area contributed by atoms with E-state index >= 15 is 0 Å². The Bertz CT molecular complexity index is 86.5. The molecule has 0 aromatic heterocycles. The van der Waals surface area contributed by atoms with Crippen molar-refractivity contribution < 1.29 is 42.0 Å². The van der Waals surface area contributed by atoms with Gasteiger partial charge in [0.05, 0.1) is 0 Å². The van der Waals surface area contributed by atoms with Gasteiger partial charge in [-0.1, -0.05) is 69.2 Å². The molecule has 0 unspecified atom stereocenters. The minimum Gasteiger partial charge on any atom is -0.852 e. The Hall–Kier alpha value is 1.16. The first kappa shape index (κ1) is 43.6. The summed E-state index contributed by atoms with van der Waals surface area (Å²) in [5.74, 6) is 0. The van der Waals surface area contributed by atoms with Crippen LogP contribution in [0.2, 0.25) is 0 Å². The first-order valence-corrected chi connectivity index (χ1v) is 6.95. The third kappa shape index (κ3) is 6350. The second-order valence-corrected chi connectivity index (χ2v) is 5.24. The van der Waals surface area contributed by atoms with E-state index in [9.17, 15) is 25.5 Å². The van der Waals surface area contributed by atoms with Gasteiger partial charge < -0.3 is 25.5 Å². The SMILES string of the molecule is CC(C)[O-].CC(C)[O-].CC(C)[O-].CC(C)[O-].CC(C)[O-].[In+3].[Ni+2]. The van der Waals surface area contributed by atoms with E-state index in [2.05, 4.69) is 0 Å². The van der Waals surface area contributed by atoms with Gasteiger partial charge in [0, 0.05) is 0 Å². The molecule has 5 nitrogen and oxygen atoms in total. The molecule has 0 aromatic carbocycles. The standard InChI is InChI=1S/5C3H7O.In.Ni/c5*1-3(2)4;;/h5*3H,1-2H3;;/q5*-1;+3;+2. The summed E-state index contributed by atoms with van der Waals surface area (Å²) in [6, 6.07) is 0. The van der Waals surface area contributed by atoms with Gasteiger partial charge in [-0.05, 0) is 0 Å². The first-order chi connectivity index (χ1) is 8.66. The van der Waals surface area contributed by atoms with Gasteiger partial charge in [0.15, 0.2) is 0 Å². The van der Waals surface area contributed by atoms with Crippen LogP contribution in [0.5, 0.6) is 0 Å². The molecule has 7 heteroatoms. The summed E-state index contributed by atoms with van der Waals surface area (Å²) in [4.78, 5) is 0. The zero-order chi connectivity index (χ0) is 17.9. The van der Waals surface area contributed by atoms with Crippen molar-refractivity contribution in [2.24, 2.45) is 0 Å². The molecule has 0 rings (SSSR count). The molecule has 0 amide bonds. The molecule has 22 heavy (non-hydrogen) atoms. The van der Waals surface area contributed by atoms with Gasteiger partial charge in [0.2, 0.25) is 0 Å². The fourth-order valence-electron chi connectivity index (χ4n) is 0. The average Bonchev–Trinajstić information content (AvgIpc) is 1.94. The third-order valence-corrected chi connectivity index (χ3v) is 0. The van der Waals surface area contributed by atoms with Gasteiger partial charge in [-0.3, -0.25) is 0 Å². The van der Waals surface area contributed by atoms with Crippen molar-refractivity contribution in [1.82, 2.24) is 0 Å². The molecule has 0 aliphatic heterocycles. The number of rotatable bonds is 0. The van der Waals surface area contributed by atoms with Gasteiger partial charge in [0.25, 0.3) is 0 Å². The molecule has 0 aromatic rings. The van der Waals surface area contributed by atoms with Crippen LogP contribution in [-0.2, 0) is 16.5 Å². The number of hydrogen-bond donors (Lipinski definition) is 0. The van der Waals surface area contributed by atoms with Crippen molar-refractivity contribution in [3.8, 4) is 0 Å². The van der Waals surface area contributed by atoms with E-state index in [0.717, 1.165) is 0 Å². The summed E-state index contributed by atoms with van der Waals surface area (Å²) in [7, 11) is 0. The first-order valence-electron chi connectivity index (χ1n) is 6.95. The largest absolute Gasteiger partial charge is 3.00 e. The topological polar surface area (TPSA) is 115 Å². The van der Waals surface area contributed by atoms with E-state index in [4.69, 9.17) is 0 Å². The Morgan fingerprint density at radius 2 is 0.364 bits per heavy atom. The quantitative estimate of drug-likeness (QED) is 0.397. The van der Waals surface area contributed by atoms with Crippen LogP contribution in [0.25, 0.3) is 0 Å². The second-order valence-electron chi connectivity index (χ2n) is 5.24. The molecule has 0 atom stereocenters. The predicted octanol–water partition coefficient (Wildman–Crippen LogP) is -1.61. The van der Waals surface area contributed by atoms with E-state index in [1.54, 1.807) is 69.2 Å². The Balaban J connectivity index is -0.0000000250. The predicted molar refractivity (Wildman–Crippen MR) is 81.4 cm³/mol. The zero-order valence-electron chi connectivity index (χ0n) is 15.8. The molecule has 0 fully saturated rings. The van der Waals surface area contributed by atoms with Crippen LogP contribution in [-0.4, -0.2) is 56.4 Å². The maximum atomic E-state index is 9.53. The van der Waals surface area contributed by atoms with Gasteiger partial charge in [-0.15, -0.1) is 30.5 Å².